The third-order valence-corrected chi connectivity index (χ3v) is 2.43. The summed E-state index contributed by atoms with van der Waals surface area (Å²) in [6, 6.07) is 0. The summed E-state index contributed by atoms with van der Waals surface area (Å²) in [5, 5.41) is 27.4. The van der Waals surface area contributed by atoms with E-state index in [1.54, 1.807) is 0 Å². The first-order valence-electron chi connectivity index (χ1n) is 5.50. The molecule has 0 aliphatic rings. The van der Waals surface area contributed by atoms with Gasteiger partial charge in [0.2, 0.25) is 5.91 Å². The van der Waals surface area contributed by atoms with Crippen LogP contribution in [0.4, 0.5) is 11.5 Å². The Kier molecular flexibility index (Phi) is 5.08. The van der Waals surface area contributed by atoms with Crippen LogP contribution in [0.2, 0.25) is 0 Å². The highest BCUT2D eigenvalue weighted by Gasteiger charge is 2.35. The molecular weight excluding hydrogens is 274 g/mol. The predicted octanol–water partition coefficient (Wildman–Crippen LogP) is -0.229. The maximum absolute atomic E-state index is 11.5. The van der Waals surface area contributed by atoms with Gasteiger partial charge in [0.25, 0.3) is 0 Å². The molecule has 0 aliphatic carbocycles. The smallest absolute Gasteiger partial charge is 0.383 e. The van der Waals surface area contributed by atoms with Gasteiger partial charge in [-0.2, -0.15) is 4.68 Å². The Morgan fingerprint density at radius 2 is 2.05 bits per heavy atom. The predicted molar refractivity (Wildman–Crippen MR) is 65.2 cm³/mol. The van der Waals surface area contributed by atoms with Crippen molar-refractivity contribution in [2.24, 2.45) is 0 Å². The molecule has 20 heavy (non-hydrogen) atoms. The molecule has 1 N–H and O–H groups in total. The van der Waals surface area contributed by atoms with Crippen molar-refractivity contribution in [2.45, 2.75) is 13.5 Å². The first-order valence-corrected chi connectivity index (χ1v) is 5.50. The van der Waals surface area contributed by atoms with Crippen molar-refractivity contribution in [2.75, 3.05) is 20.3 Å². The average Bonchev–Trinajstić information content (AvgIpc) is 2.67. The van der Waals surface area contributed by atoms with E-state index in [9.17, 15) is 25.0 Å². The Bertz CT molecular complexity index is 539. The Morgan fingerprint density at radius 1 is 1.40 bits per heavy atom. The summed E-state index contributed by atoms with van der Waals surface area (Å²) in [5.41, 5.74) is -0.761. The average molecular weight is 287 g/mol. The zero-order valence-corrected chi connectivity index (χ0v) is 10.9. The number of nitro groups is 2. The van der Waals surface area contributed by atoms with Crippen LogP contribution in [0.5, 0.6) is 0 Å². The summed E-state index contributed by atoms with van der Waals surface area (Å²) in [5.74, 6) is -1.35. The minimum absolute atomic E-state index is 0.0522. The summed E-state index contributed by atoms with van der Waals surface area (Å²) >= 11 is 0. The normalized spacial score (nSPS) is 10.3. The van der Waals surface area contributed by atoms with E-state index in [4.69, 9.17) is 4.74 Å². The van der Waals surface area contributed by atoms with Gasteiger partial charge in [-0.1, -0.05) is 0 Å². The Hall–Kier alpha value is -2.56. The van der Waals surface area contributed by atoms with Gasteiger partial charge in [-0.15, -0.1) is 0 Å². The van der Waals surface area contributed by atoms with Crippen LogP contribution in [0, 0.1) is 27.2 Å². The van der Waals surface area contributed by atoms with Gasteiger partial charge in [-0.3, -0.25) is 14.9 Å². The Morgan fingerprint density at radius 3 is 2.50 bits per heavy atom. The van der Waals surface area contributed by atoms with Crippen LogP contribution in [0.1, 0.15) is 5.69 Å². The van der Waals surface area contributed by atoms with E-state index in [1.165, 1.54) is 14.0 Å². The molecule has 0 atom stereocenters. The second-order valence-corrected chi connectivity index (χ2v) is 3.77. The maximum atomic E-state index is 11.5. The fraction of sp³-hybridized carbons (Fsp3) is 0.556. The molecule has 0 aromatic carbocycles. The number of nitrogens with one attached hydrogen (secondary N) is 1. The zero-order chi connectivity index (χ0) is 15.3. The van der Waals surface area contributed by atoms with Crippen LogP contribution in [0.3, 0.4) is 0 Å². The lowest BCUT2D eigenvalue weighted by Gasteiger charge is -2.03. The topological polar surface area (TPSA) is 142 Å². The number of hydrogen-bond donors (Lipinski definition) is 1. The number of aromatic nitrogens is 2. The van der Waals surface area contributed by atoms with Crippen LogP contribution in [0.15, 0.2) is 0 Å². The van der Waals surface area contributed by atoms with E-state index in [0.29, 0.717) is 6.61 Å². The van der Waals surface area contributed by atoms with Crippen molar-refractivity contribution in [3.8, 4) is 0 Å². The van der Waals surface area contributed by atoms with Gasteiger partial charge in [-0.25, -0.2) is 0 Å². The molecular formula is C9H13N5O6. The van der Waals surface area contributed by atoms with Crippen molar-refractivity contribution in [1.82, 2.24) is 15.1 Å². The highest BCUT2D eigenvalue weighted by Crippen LogP contribution is 2.28. The van der Waals surface area contributed by atoms with Crippen molar-refractivity contribution in [3.63, 3.8) is 0 Å². The molecule has 1 aromatic rings. The number of nitrogens with zero attached hydrogens (tertiary/aromatic N) is 4. The Balaban J connectivity index is 2.91. The van der Waals surface area contributed by atoms with Gasteiger partial charge < -0.3 is 20.2 Å². The minimum atomic E-state index is -0.954. The standard InChI is InChI=1S/C9H13N5O6/c1-6-8(13(16)17)9(14(18)19)11-12(6)5-7(15)10-3-4-20-2/h3-5H2,1-2H3,(H,10,15). The number of amides is 1. The second-order valence-electron chi connectivity index (χ2n) is 3.77. The van der Waals surface area contributed by atoms with Gasteiger partial charge in [-0.05, 0) is 11.8 Å². The molecule has 1 amide bonds. The van der Waals surface area contributed by atoms with Crippen LogP contribution < -0.4 is 5.32 Å². The second kappa shape index (κ2) is 6.56. The molecule has 0 unspecified atom stereocenters. The molecule has 11 nitrogen and oxygen atoms in total. The summed E-state index contributed by atoms with van der Waals surface area (Å²) in [6.45, 7) is 1.52. The number of ether oxygens (including phenoxy) is 1. The maximum Gasteiger partial charge on any atom is 0.468 e. The molecule has 11 heteroatoms. The highest BCUT2D eigenvalue weighted by molar-refractivity contribution is 5.76. The lowest BCUT2D eigenvalue weighted by Crippen LogP contribution is -2.31. The molecule has 0 aliphatic heterocycles. The van der Waals surface area contributed by atoms with Crippen molar-refractivity contribution in [1.29, 1.82) is 0 Å². The molecule has 1 aromatic heterocycles. The van der Waals surface area contributed by atoms with Gasteiger partial charge in [0.1, 0.15) is 12.2 Å². The van der Waals surface area contributed by atoms with Gasteiger partial charge in [0.15, 0.2) is 0 Å². The number of methoxy groups -OCH3 is 1. The van der Waals surface area contributed by atoms with Crippen LogP contribution in [0.25, 0.3) is 0 Å². The molecule has 0 fully saturated rings. The SMILES string of the molecule is COCCNC(=O)Cn1nc([N+](=O)[O-])c([N+](=O)[O-])c1C. The lowest BCUT2D eigenvalue weighted by molar-refractivity contribution is -0.424. The number of rotatable bonds is 7. The third kappa shape index (κ3) is 3.47. The zero-order valence-electron chi connectivity index (χ0n) is 10.9. The van der Waals surface area contributed by atoms with Gasteiger partial charge in [0, 0.05) is 13.7 Å². The van der Waals surface area contributed by atoms with E-state index in [1.807, 2.05) is 0 Å². The van der Waals surface area contributed by atoms with Crippen LogP contribution in [-0.4, -0.2) is 45.8 Å². The molecule has 110 valence electrons. The summed E-state index contributed by atoms with van der Waals surface area (Å²) in [4.78, 5) is 31.2. The lowest BCUT2D eigenvalue weighted by atomic mass is 10.4. The van der Waals surface area contributed by atoms with Crippen molar-refractivity contribution >= 4 is 17.4 Å². The number of carbonyl (C=O) groups excluding carboxylic acids is 1. The fourth-order valence-electron chi connectivity index (χ4n) is 1.50. The number of hydrogen-bond acceptors (Lipinski definition) is 7. The summed E-state index contributed by atoms with van der Waals surface area (Å²) in [7, 11) is 1.47. The molecule has 0 spiro atoms. The van der Waals surface area contributed by atoms with E-state index < -0.39 is 27.3 Å². The molecule has 0 saturated heterocycles. The van der Waals surface area contributed by atoms with Crippen molar-refractivity contribution in [3.05, 3.63) is 25.9 Å². The van der Waals surface area contributed by atoms with Gasteiger partial charge in [0.05, 0.1) is 16.6 Å². The van der Waals surface area contributed by atoms with E-state index in [2.05, 4.69) is 10.4 Å². The van der Waals surface area contributed by atoms with E-state index in [0.717, 1.165) is 4.68 Å². The quantitative estimate of drug-likeness (QED) is 0.414. The first-order chi connectivity index (χ1) is 9.38. The van der Waals surface area contributed by atoms with E-state index >= 15 is 0 Å². The molecule has 1 rings (SSSR count). The fourth-order valence-corrected chi connectivity index (χ4v) is 1.50. The van der Waals surface area contributed by atoms with Gasteiger partial charge >= 0.3 is 11.5 Å². The minimum Gasteiger partial charge on any atom is -0.383 e. The molecule has 1 heterocycles. The highest BCUT2D eigenvalue weighted by atomic mass is 16.6. The third-order valence-electron chi connectivity index (χ3n) is 2.43. The molecule has 0 bridgehead atoms. The summed E-state index contributed by atoms with van der Waals surface area (Å²) < 4.78 is 5.67. The largest absolute Gasteiger partial charge is 0.468 e. The monoisotopic (exact) mass is 287 g/mol. The van der Waals surface area contributed by atoms with E-state index in [-0.39, 0.29) is 18.8 Å². The molecule has 0 radical (unpaired) electrons. The van der Waals surface area contributed by atoms with Crippen LogP contribution >= 0.6 is 0 Å². The van der Waals surface area contributed by atoms with Crippen molar-refractivity contribution < 1.29 is 19.4 Å². The first kappa shape index (κ1) is 15.5. The Labute approximate surface area is 112 Å². The number of carbonyl (C=O) groups is 1. The molecule has 0 saturated carbocycles. The van der Waals surface area contributed by atoms with Crippen LogP contribution in [-0.2, 0) is 16.1 Å². The summed E-state index contributed by atoms with van der Waals surface area (Å²) in [6.07, 6.45) is 0.